The molecule has 2 aromatic heterocycles. The lowest BCUT2D eigenvalue weighted by atomic mass is 10.2. The van der Waals surface area contributed by atoms with E-state index in [-0.39, 0.29) is 12.6 Å². The first-order valence-electron chi connectivity index (χ1n) is 5.32. The number of esters is 1. The first-order chi connectivity index (χ1) is 9.11. The van der Waals surface area contributed by atoms with Gasteiger partial charge in [-0.25, -0.2) is 9.48 Å². The molecule has 0 unspecified atom stereocenters. The van der Waals surface area contributed by atoms with E-state index in [1.807, 2.05) is 0 Å². The number of aromatic nitrogens is 4. The summed E-state index contributed by atoms with van der Waals surface area (Å²) in [5.41, 5.74) is 0.680. The Bertz CT molecular complexity index is 599. The zero-order valence-electron chi connectivity index (χ0n) is 10.3. The van der Waals surface area contributed by atoms with Gasteiger partial charge in [0.05, 0.1) is 12.1 Å². The number of ether oxygens (including phenoxy) is 2. The van der Waals surface area contributed by atoms with E-state index in [2.05, 4.69) is 19.8 Å². The van der Waals surface area contributed by atoms with Gasteiger partial charge in [-0.1, -0.05) is 11.6 Å². The summed E-state index contributed by atoms with van der Waals surface area (Å²) in [6, 6.07) is 1.80. The highest BCUT2D eigenvalue weighted by molar-refractivity contribution is 6.33. The molecule has 0 atom stereocenters. The van der Waals surface area contributed by atoms with Gasteiger partial charge in [-0.3, -0.25) is 4.98 Å². The molecule has 8 heteroatoms. The second kappa shape index (κ2) is 5.66. The van der Waals surface area contributed by atoms with E-state index in [9.17, 15) is 4.79 Å². The van der Waals surface area contributed by atoms with Crippen LogP contribution in [0.15, 0.2) is 18.5 Å². The van der Waals surface area contributed by atoms with Crippen LogP contribution in [0.25, 0.3) is 11.4 Å². The number of pyridine rings is 1. The van der Waals surface area contributed by atoms with Crippen LogP contribution in [0.4, 0.5) is 0 Å². The van der Waals surface area contributed by atoms with E-state index in [4.69, 9.17) is 16.3 Å². The maximum atomic E-state index is 11.0. The third-order valence-electron chi connectivity index (χ3n) is 2.30. The van der Waals surface area contributed by atoms with Crippen LogP contribution in [0.1, 0.15) is 0 Å². The van der Waals surface area contributed by atoms with Crippen LogP contribution in [0.3, 0.4) is 0 Å². The second-order valence-corrected chi connectivity index (χ2v) is 3.97. The number of nitrogens with zero attached hydrogens (tertiary/aromatic N) is 4. The van der Waals surface area contributed by atoms with Crippen molar-refractivity contribution in [3.63, 3.8) is 0 Å². The number of halogens is 1. The minimum Gasteiger partial charge on any atom is -0.466 e. The molecule has 0 saturated carbocycles. The summed E-state index contributed by atoms with van der Waals surface area (Å²) < 4.78 is 11.1. The van der Waals surface area contributed by atoms with Crippen molar-refractivity contribution >= 4 is 17.6 Å². The van der Waals surface area contributed by atoms with Gasteiger partial charge in [-0.15, -0.1) is 5.10 Å². The number of carbonyl (C=O) groups is 1. The first kappa shape index (κ1) is 13.3. The fraction of sp³-hybridized carbons (Fsp3) is 0.273. The van der Waals surface area contributed by atoms with Crippen molar-refractivity contribution in [2.45, 2.75) is 0 Å². The molecule has 2 rings (SSSR count). The Morgan fingerprint density at radius 1 is 1.53 bits per heavy atom. The Kier molecular flexibility index (Phi) is 3.96. The van der Waals surface area contributed by atoms with E-state index in [1.54, 1.807) is 19.3 Å². The lowest BCUT2D eigenvalue weighted by Gasteiger charge is -2.00. The summed E-state index contributed by atoms with van der Waals surface area (Å²) in [6.45, 7) is -0.246. The van der Waals surface area contributed by atoms with Crippen LogP contribution in [0.5, 0.6) is 6.01 Å². The molecule has 0 fully saturated rings. The van der Waals surface area contributed by atoms with Gasteiger partial charge in [0.15, 0.2) is 12.4 Å². The fourth-order valence-corrected chi connectivity index (χ4v) is 1.60. The summed E-state index contributed by atoms with van der Waals surface area (Å²) in [5.74, 6) is 0.0169. The Balaban J connectivity index is 2.22. The van der Waals surface area contributed by atoms with Gasteiger partial charge in [0.25, 0.3) is 0 Å². The Labute approximate surface area is 114 Å². The number of aryl methyl sites for hydroxylation is 1. The molecule has 19 heavy (non-hydrogen) atoms. The molecule has 2 heterocycles. The predicted octanol–water partition coefficient (Wildman–Crippen LogP) is 1.08. The number of rotatable bonds is 4. The fourth-order valence-electron chi connectivity index (χ4n) is 1.40. The molecule has 0 aliphatic rings. The molecule has 0 bridgehead atoms. The van der Waals surface area contributed by atoms with Gasteiger partial charge < -0.3 is 9.47 Å². The second-order valence-electron chi connectivity index (χ2n) is 3.56. The van der Waals surface area contributed by atoms with E-state index in [0.717, 1.165) is 0 Å². The molecule has 0 radical (unpaired) electrons. The predicted molar refractivity (Wildman–Crippen MR) is 66.8 cm³/mol. The molecular formula is C11H11ClN4O3. The molecule has 0 N–H and O–H groups in total. The molecule has 0 aliphatic carbocycles. The highest BCUT2D eigenvalue weighted by Gasteiger charge is 2.14. The minimum absolute atomic E-state index is 0.0794. The van der Waals surface area contributed by atoms with Crippen LogP contribution in [0, 0.1) is 0 Å². The minimum atomic E-state index is -0.504. The number of carbonyl (C=O) groups excluding carboxylic acids is 1. The van der Waals surface area contributed by atoms with Gasteiger partial charge in [0.2, 0.25) is 0 Å². The topological polar surface area (TPSA) is 79.1 Å². The van der Waals surface area contributed by atoms with Gasteiger partial charge in [-0.05, 0) is 6.07 Å². The van der Waals surface area contributed by atoms with Crippen LogP contribution < -0.4 is 4.74 Å². The summed E-state index contributed by atoms with van der Waals surface area (Å²) >= 11 is 6.03. The van der Waals surface area contributed by atoms with Crippen molar-refractivity contribution in [3.8, 4) is 17.4 Å². The average molecular weight is 283 g/mol. The largest absolute Gasteiger partial charge is 0.466 e. The molecule has 0 amide bonds. The summed E-state index contributed by atoms with van der Waals surface area (Å²) in [7, 11) is 2.98. The van der Waals surface area contributed by atoms with Crippen molar-refractivity contribution in [1.82, 2.24) is 19.7 Å². The lowest BCUT2D eigenvalue weighted by Crippen LogP contribution is -2.13. The molecule has 0 aliphatic heterocycles. The molecule has 2 aromatic rings. The molecule has 0 saturated heterocycles. The monoisotopic (exact) mass is 282 g/mol. The van der Waals surface area contributed by atoms with Crippen molar-refractivity contribution in [2.24, 2.45) is 7.05 Å². The Morgan fingerprint density at radius 3 is 3.00 bits per heavy atom. The van der Waals surface area contributed by atoms with Gasteiger partial charge in [0.1, 0.15) is 0 Å². The van der Waals surface area contributed by atoms with Crippen LogP contribution in [0.2, 0.25) is 5.02 Å². The normalized spacial score (nSPS) is 10.3. The lowest BCUT2D eigenvalue weighted by molar-refractivity contribution is -0.143. The standard InChI is InChI=1S/C11H11ClN4O3/c1-16-10(7-3-4-13-5-8(7)12)14-11(15-16)19-6-9(17)18-2/h3-5H,6H2,1-2H3. The maximum Gasteiger partial charge on any atom is 0.344 e. The quantitative estimate of drug-likeness (QED) is 0.781. The summed E-state index contributed by atoms with van der Waals surface area (Å²) in [6.07, 6.45) is 3.12. The molecule has 0 aromatic carbocycles. The van der Waals surface area contributed by atoms with Gasteiger partial charge in [0, 0.05) is 25.0 Å². The van der Waals surface area contributed by atoms with E-state index < -0.39 is 5.97 Å². The smallest absolute Gasteiger partial charge is 0.344 e. The SMILES string of the molecule is COC(=O)COc1nc(-c2ccncc2Cl)n(C)n1. The van der Waals surface area contributed by atoms with E-state index in [1.165, 1.54) is 18.0 Å². The summed E-state index contributed by atoms with van der Waals surface area (Å²) in [5, 5.41) is 4.49. The third kappa shape index (κ3) is 3.00. The van der Waals surface area contributed by atoms with Gasteiger partial charge >= 0.3 is 12.0 Å². The highest BCUT2D eigenvalue weighted by atomic mass is 35.5. The van der Waals surface area contributed by atoms with E-state index >= 15 is 0 Å². The van der Waals surface area contributed by atoms with Crippen molar-refractivity contribution in [3.05, 3.63) is 23.5 Å². The molecule has 7 nitrogen and oxygen atoms in total. The van der Waals surface area contributed by atoms with Crippen LogP contribution in [-0.4, -0.2) is 39.4 Å². The van der Waals surface area contributed by atoms with E-state index in [0.29, 0.717) is 16.4 Å². The van der Waals surface area contributed by atoms with Crippen LogP contribution >= 0.6 is 11.6 Å². The zero-order valence-corrected chi connectivity index (χ0v) is 11.1. The maximum absolute atomic E-state index is 11.0. The molecule has 100 valence electrons. The number of hydrogen-bond acceptors (Lipinski definition) is 6. The molecular weight excluding hydrogens is 272 g/mol. The van der Waals surface area contributed by atoms with Crippen LogP contribution in [-0.2, 0) is 16.6 Å². The average Bonchev–Trinajstić information content (AvgIpc) is 2.77. The third-order valence-corrected chi connectivity index (χ3v) is 2.60. The zero-order chi connectivity index (χ0) is 13.8. The van der Waals surface area contributed by atoms with Gasteiger partial charge in [-0.2, -0.15) is 4.98 Å². The van der Waals surface area contributed by atoms with Crippen molar-refractivity contribution in [1.29, 1.82) is 0 Å². The summed E-state index contributed by atoms with van der Waals surface area (Å²) in [4.78, 5) is 19.0. The van der Waals surface area contributed by atoms with Crippen molar-refractivity contribution < 1.29 is 14.3 Å². The first-order valence-corrected chi connectivity index (χ1v) is 5.70. The Morgan fingerprint density at radius 2 is 2.32 bits per heavy atom. The number of hydrogen-bond donors (Lipinski definition) is 0. The highest BCUT2D eigenvalue weighted by Crippen LogP contribution is 2.25. The Hall–Kier alpha value is -2.15. The molecule has 0 spiro atoms. The van der Waals surface area contributed by atoms with Crippen molar-refractivity contribution in [2.75, 3.05) is 13.7 Å². The number of methoxy groups -OCH3 is 1.